The third-order valence-corrected chi connectivity index (χ3v) is 2.64. The van der Waals surface area contributed by atoms with E-state index in [0.717, 1.165) is 7.11 Å². The number of halogens is 1. The van der Waals surface area contributed by atoms with Gasteiger partial charge in [-0.25, -0.2) is 4.79 Å². The topological polar surface area (TPSA) is 76.0 Å². The van der Waals surface area contributed by atoms with E-state index in [-0.39, 0.29) is 22.1 Å². The summed E-state index contributed by atoms with van der Waals surface area (Å²) in [7, 11) is 2.47. The number of methoxy groups -OCH3 is 2. The van der Waals surface area contributed by atoms with Crippen molar-refractivity contribution in [3.63, 3.8) is 0 Å². The van der Waals surface area contributed by atoms with Crippen LogP contribution >= 0.6 is 11.6 Å². The van der Waals surface area contributed by atoms with E-state index in [1.165, 1.54) is 13.2 Å². The molecule has 6 heteroatoms. The maximum absolute atomic E-state index is 11.2. The van der Waals surface area contributed by atoms with E-state index in [4.69, 9.17) is 16.3 Å². The van der Waals surface area contributed by atoms with Crippen LogP contribution in [-0.4, -0.2) is 30.4 Å². The first-order valence-corrected chi connectivity index (χ1v) is 5.13. The zero-order valence-electron chi connectivity index (χ0n) is 9.65. The fraction of sp³-hybridized carbons (Fsp3) is 0.364. The Morgan fingerprint density at radius 3 is 2.53 bits per heavy atom. The lowest BCUT2D eigenvalue weighted by Gasteiger charge is -2.16. The summed E-state index contributed by atoms with van der Waals surface area (Å²) >= 11 is 5.84. The molecule has 1 aromatic carbocycles. The minimum absolute atomic E-state index is 0.00946. The normalized spacial score (nSPS) is 12.1. The molecule has 94 valence electrons. The van der Waals surface area contributed by atoms with E-state index in [0.29, 0.717) is 5.56 Å². The first kappa shape index (κ1) is 13.6. The van der Waals surface area contributed by atoms with Crippen LogP contribution in [0, 0.1) is 6.92 Å². The number of hydrogen-bond donors (Lipinski definition) is 2. The van der Waals surface area contributed by atoms with Crippen molar-refractivity contribution in [1.82, 2.24) is 0 Å². The fourth-order valence-electron chi connectivity index (χ4n) is 1.52. The van der Waals surface area contributed by atoms with Crippen LogP contribution in [0.4, 0.5) is 0 Å². The summed E-state index contributed by atoms with van der Waals surface area (Å²) in [5.41, 5.74) is 0.490. The van der Waals surface area contributed by atoms with Crippen molar-refractivity contribution in [1.29, 1.82) is 0 Å². The summed E-state index contributed by atoms with van der Waals surface area (Å²) in [5, 5.41) is 19.8. The molecule has 1 rings (SSSR count). The summed E-state index contributed by atoms with van der Waals surface area (Å²) in [6, 6.07) is 1.49. The van der Waals surface area contributed by atoms with Gasteiger partial charge < -0.3 is 19.7 Å². The highest BCUT2D eigenvalue weighted by Crippen LogP contribution is 2.41. The number of aliphatic hydroxyl groups is 1. The van der Waals surface area contributed by atoms with Crippen LogP contribution in [0.3, 0.4) is 0 Å². The summed E-state index contributed by atoms with van der Waals surface area (Å²) in [6.45, 7) is 1.60. The van der Waals surface area contributed by atoms with Crippen LogP contribution in [-0.2, 0) is 9.53 Å². The first-order chi connectivity index (χ1) is 7.93. The Morgan fingerprint density at radius 1 is 1.47 bits per heavy atom. The molecule has 2 N–H and O–H groups in total. The van der Waals surface area contributed by atoms with E-state index in [2.05, 4.69) is 4.74 Å². The molecule has 0 aromatic heterocycles. The average molecular weight is 261 g/mol. The van der Waals surface area contributed by atoms with E-state index in [1.807, 2.05) is 0 Å². The lowest BCUT2D eigenvalue weighted by molar-refractivity contribution is -0.150. The molecule has 0 aliphatic heterocycles. The summed E-state index contributed by atoms with van der Waals surface area (Å²) in [6.07, 6.45) is -1.58. The Kier molecular flexibility index (Phi) is 4.20. The second-order valence-corrected chi connectivity index (χ2v) is 3.80. The molecular formula is C11H13ClO5. The molecule has 0 fully saturated rings. The summed E-state index contributed by atoms with van der Waals surface area (Å²) in [4.78, 5) is 11.2. The van der Waals surface area contributed by atoms with Gasteiger partial charge in [0.25, 0.3) is 0 Å². The van der Waals surface area contributed by atoms with Crippen molar-refractivity contribution in [3.05, 3.63) is 22.2 Å². The van der Waals surface area contributed by atoms with Crippen LogP contribution in [0.25, 0.3) is 0 Å². The molecule has 1 aromatic rings. The molecule has 0 radical (unpaired) electrons. The van der Waals surface area contributed by atoms with Crippen molar-refractivity contribution >= 4 is 17.6 Å². The number of esters is 1. The van der Waals surface area contributed by atoms with Crippen molar-refractivity contribution in [2.75, 3.05) is 14.2 Å². The number of aryl methyl sites for hydroxylation is 1. The highest BCUT2D eigenvalue weighted by molar-refractivity contribution is 6.32. The maximum atomic E-state index is 11.2. The first-order valence-electron chi connectivity index (χ1n) is 4.75. The Labute approximate surface area is 104 Å². The van der Waals surface area contributed by atoms with Gasteiger partial charge >= 0.3 is 5.97 Å². The van der Waals surface area contributed by atoms with Crippen LogP contribution < -0.4 is 4.74 Å². The van der Waals surface area contributed by atoms with Gasteiger partial charge in [0.2, 0.25) is 0 Å². The van der Waals surface area contributed by atoms with Gasteiger partial charge in [-0.15, -0.1) is 0 Å². The van der Waals surface area contributed by atoms with Gasteiger partial charge in [0, 0.05) is 5.56 Å². The van der Waals surface area contributed by atoms with Crippen molar-refractivity contribution in [3.8, 4) is 11.5 Å². The number of aromatic hydroxyl groups is 1. The quantitative estimate of drug-likeness (QED) is 0.807. The molecular weight excluding hydrogens is 248 g/mol. The van der Waals surface area contributed by atoms with Crippen LogP contribution in [0.5, 0.6) is 11.5 Å². The SMILES string of the molecule is COC(=O)C(O)c1c(C)cc(Cl)c(OC)c1O. The highest BCUT2D eigenvalue weighted by atomic mass is 35.5. The molecule has 17 heavy (non-hydrogen) atoms. The molecule has 0 heterocycles. The molecule has 1 unspecified atom stereocenters. The minimum Gasteiger partial charge on any atom is -0.504 e. The Balaban J connectivity index is 3.38. The molecule has 0 saturated heterocycles. The van der Waals surface area contributed by atoms with Crippen LogP contribution in [0.1, 0.15) is 17.2 Å². The van der Waals surface area contributed by atoms with Gasteiger partial charge in [-0.2, -0.15) is 0 Å². The second kappa shape index (κ2) is 5.25. The Morgan fingerprint density at radius 2 is 2.06 bits per heavy atom. The number of hydrogen-bond acceptors (Lipinski definition) is 5. The number of phenols is 1. The average Bonchev–Trinajstić information content (AvgIpc) is 2.27. The maximum Gasteiger partial charge on any atom is 0.339 e. The van der Waals surface area contributed by atoms with Crippen LogP contribution in [0.15, 0.2) is 6.07 Å². The Hall–Kier alpha value is -1.46. The number of aliphatic hydroxyl groups excluding tert-OH is 1. The minimum atomic E-state index is -1.58. The smallest absolute Gasteiger partial charge is 0.339 e. The Bertz CT molecular complexity index is 444. The number of benzene rings is 1. The summed E-state index contributed by atoms with van der Waals surface area (Å²) in [5.74, 6) is -1.22. The van der Waals surface area contributed by atoms with E-state index < -0.39 is 12.1 Å². The van der Waals surface area contributed by atoms with Crippen molar-refractivity contribution < 1.29 is 24.5 Å². The lowest BCUT2D eigenvalue weighted by atomic mass is 10.0. The second-order valence-electron chi connectivity index (χ2n) is 3.40. The van der Waals surface area contributed by atoms with Gasteiger partial charge in [0.05, 0.1) is 19.2 Å². The zero-order chi connectivity index (χ0) is 13.2. The molecule has 5 nitrogen and oxygen atoms in total. The zero-order valence-corrected chi connectivity index (χ0v) is 10.4. The van der Waals surface area contributed by atoms with Crippen molar-refractivity contribution in [2.45, 2.75) is 13.0 Å². The molecule has 0 amide bonds. The standard InChI is InChI=1S/C11H13ClO5/c1-5-4-6(12)10(16-2)8(13)7(5)9(14)11(15)17-3/h4,9,13-14H,1-3H3. The highest BCUT2D eigenvalue weighted by Gasteiger charge is 2.26. The number of phenolic OH excluding ortho intramolecular Hbond substituents is 1. The predicted molar refractivity (Wildman–Crippen MR) is 61.4 cm³/mol. The predicted octanol–water partition coefficient (Wildman–Crippen LogP) is 1.57. The van der Waals surface area contributed by atoms with Gasteiger partial charge in [0.1, 0.15) is 0 Å². The monoisotopic (exact) mass is 260 g/mol. The van der Waals surface area contributed by atoms with E-state index in [9.17, 15) is 15.0 Å². The van der Waals surface area contributed by atoms with Gasteiger partial charge in [-0.3, -0.25) is 0 Å². The van der Waals surface area contributed by atoms with Crippen LogP contribution in [0.2, 0.25) is 5.02 Å². The fourth-order valence-corrected chi connectivity index (χ4v) is 1.85. The molecule has 0 aliphatic rings. The molecule has 0 bridgehead atoms. The summed E-state index contributed by atoms with van der Waals surface area (Å²) < 4.78 is 9.30. The van der Waals surface area contributed by atoms with Gasteiger partial charge in [0.15, 0.2) is 17.6 Å². The number of ether oxygens (including phenoxy) is 2. The van der Waals surface area contributed by atoms with Gasteiger partial charge in [-0.05, 0) is 18.6 Å². The molecule has 0 spiro atoms. The lowest BCUT2D eigenvalue weighted by Crippen LogP contribution is -2.15. The largest absolute Gasteiger partial charge is 0.504 e. The third kappa shape index (κ3) is 2.45. The molecule has 0 aliphatic carbocycles. The number of carbonyl (C=O) groups is 1. The van der Waals surface area contributed by atoms with E-state index >= 15 is 0 Å². The number of rotatable bonds is 3. The molecule has 0 saturated carbocycles. The van der Waals surface area contributed by atoms with E-state index in [1.54, 1.807) is 6.92 Å². The number of carbonyl (C=O) groups excluding carboxylic acids is 1. The molecule has 1 atom stereocenters. The van der Waals surface area contributed by atoms with Crippen molar-refractivity contribution in [2.24, 2.45) is 0 Å². The third-order valence-electron chi connectivity index (χ3n) is 2.36. The van der Waals surface area contributed by atoms with Gasteiger partial charge in [-0.1, -0.05) is 11.6 Å².